The Morgan fingerprint density at radius 1 is 1.07 bits per heavy atom. The Morgan fingerprint density at radius 2 is 1.81 bits per heavy atom. The van der Waals surface area contributed by atoms with Gasteiger partial charge in [-0.3, -0.25) is 0 Å². The van der Waals surface area contributed by atoms with Crippen LogP contribution in [-0.4, -0.2) is 24.9 Å². The Balaban J connectivity index is 1.70. The van der Waals surface area contributed by atoms with E-state index < -0.39 is 0 Å². The molecule has 1 aliphatic rings. The topological polar surface area (TPSA) is 89.9 Å². The predicted octanol–water partition coefficient (Wildman–Crippen LogP) is 3.43. The molecular weight excluding hydrogens is 338 g/mol. The van der Waals surface area contributed by atoms with Gasteiger partial charge in [0, 0.05) is 5.56 Å². The number of hydrogen-bond donors (Lipinski definition) is 2. The van der Waals surface area contributed by atoms with Crippen molar-refractivity contribution in [3.05, 3.63) is 65.5 Å². The van der Waals surface area contributed by atoms with Crippen molar-refractivity contribution in [1.82, 2.24) is 19.7 Å². The number of aromatic hydroxyl groups is 1. The Bertz CT molecular complexity index is 1140. The molecule has 6 heteroatoms. The lowest BCUT2D eigenvalue weighted by molar-refractivity contribution is 0.475. The number of phenols is 1. The molecule has 27 heavy (non-hydrogen) atoms. The molecular formula is C21H19N5O. The number of nitrogen functional groups attached to an aromatic ring is 1. The molecule has 0 radical (unpaired) electrons. The number of phenolic OH excluding ortho intramolecular Hbond substituents is 1. The fourth-order valence-electron chi connectivity index (χ4n) is 4.06. The Morgan fingerprint density at radius 3 is 2.52 bits per heavy atom. The van der Waals surface area contributed by atoms with Gasteiger partial charge >= 0.3 is 0 Å². The summed E-state index contributed by atoms with van der Waals surface area (Å²) in [6.45, 7) is 1.94. The first-order valence-corrected chi connectivity index (χ1v) is 8.96. The monoisotopic (exact) mass is 357 g/mol. The number of fused-ring (bicyclic) bond motifs is 2. The van der Waals surface area contributed by atoms with E-state index in [2.05, 4.69) is 34.2 Å². The zero-order valence-corrected chi connectivity index (χ0v) is 14.9. The van der Waals surface area contributed by atoms with Crippen LogP contribution < -0.4 is 5.73 Å². The quantitative estimate of drug-likeness (QED) is 0.574. The number of anilines is 1. The van der Waals surface area contributed by atoms with Gasteiger partial charge in [0.1, 0.15) is 23.6 Å². The molecule has 0 bridgehead atoms. The summed E-state index contributed by atoms with van der Waals surface area (Å²) in [5.41, 5.74) is 12.1. The normalized spacial score (nSPS) is 14.0. The minimum Gasteiger partial charge on any atom is -0.508 e. The lowest BCUT2D eigenvalue weighted by Gasteiger charge is -2.10. The molecule has 0 spiro atoms. The van der Waals surface area contributed by atoms with E-state index in [0.29, 0.717) is 11.5 Å². The predicted molar refractivity (Wildman–Crippen MR) is 104 cm³/mol. The van der Waals surface area contributed by atoms with Gasteiger partial charge in [0.2, 0.25) is 0 Å². The third-order valence-electron chi connectivity index (χ3n) is 5.23. The third kappa shape index (κ3) is 2.52. The van der Waals surface area contributed by atoms with Crippen molar-refractivity contribution in [2.45, 2.75) is 25.8 Å². The van der Waals surface area contributed by atoms with E-state index in [0.717, 1.165) is 35.0 Å². The number of hydrogen-bond acceptors (Lipinski definition) is 5. The number of aryl methyl sites for hydroxylation is 1. The maximum absolute atomic E-state index is 10.0. The maximum Gasteiger partial charge on any atom is 0.164 e. The van der Waals surface area contributed by atoms with Crippen LogP contribution in [0.3, 0.4) is 0 Å². The highest BCUT2D eigenvalue weighted by atomic mass is 16.3. The standard InChI is InChI=1S/C21H19N5O/c1-12-6-15(10-17(27)7-12)19-18-20(22)23-11-24-21(18)26(25-19)16-8-13-4-2-3-5-14(13)9-16/h2-7,10-11,16,27H,8-9H2,1H3,(H2,22,23,24). The number of aromatic nitrogens is 4. The second-order valence-corrected chi connectivity index (χ2v) is 7.14. The molecule has 0 fully saturated rings. The van der Waals surface area contributed by atoms with Crippen LogP contribution in [0.1, 0.15) is 22.7 Å². The van der Waals surface area contributed by atoms with Crippen molar-refractivity contribution in [3.63, 3.8) is 0 Å². The molecule has 0 saturated heterocycles. The lowest BCUT2D eigenvalue weighted by Crippen LogP contribution is -2.11. The summed E-state index contributed by atoms with van der Waals surface area (Å²) in [7, 11) is 0. The molecule has 2 heterocycles. The minimum atomic E-state index is 0.186. The van der Waals surface area contributed by atoms with E-state index in [4.69, 9.17) is 10.8 Å². The smallest absolute Gasteiger partial charge is 0.164 e. The largest absolute Gasteiger partial charge is 0.508 e. The van der Waals surface area contributed by atoms with E-state index in [1.54, 1.807) is 12.1 Å². The van der Waals surface area contributed by atoms with Crippen LogP contribution in [0.2, 0.25) is 0 Å². The highest BCUT2D eigenvalue weighted by Gasteiger charge is 2.27. The van der Waals surface area contributed by atoms with Gasteiger partial charge in [-0.1, -0.05) is 24.3 Å². The molecule has 0 unspecified atom stereocenters. The van der Waals surface area contributed by atoms with Crippen LogP contribution in [-0.2, 0) is 12.8 Å². The number of rotatable bonds is 2. The van der Waals surface area contributed by atoms with Crippen LogP contribution in [0.4, 0.5) is 5.82 Å². The van der Waals surface area contributed by atoms with E-state index in [-0.39, 0.29) is 11.8 Å². The molecule has 0 atom stereocenters. The highest BCUT2D eigenvalue weighted by molar-refractivity contribution is 5.98. The fourth-order valence-corrected chi connectivity index (χ4v) is 4.06. The van der Waals surface area contributed by atoms with Crippen LogP contribution in [0, 0.1) is 6.92 Å². The van der Waals surface area contributed by atoms with Gasteiger partial charge in [0.15, 0.2) is 5.65 Å². The van der Waals surface area contributed by atoms with Crippen molar-refractivity contribution in [2.24, 2.45) is 0 Å². The molecule has 134 valence electrons. The zero-order valence-electron chi connectivity index (χ0n) is 14.9. The molecule has 6 nitrogen and oxygen atoms in total. The molecule has 5 rings (SSSR count). The van der Waals surface area contributed by atoms with Gasteiger partial charge in [-0.2, -0.15) is 5.10 Å². The average molecular weight is 357 g/mol. The SMILES string of the molecule is Cc1cc(O)cc(-c2nn(C3Cc4ccccc4C3)c3ncnc(N)c23)c1. The Hall–Kier alpha value is -3.41. The van der Waals surface area contributed by atoms with Crippen LogP contribution >= 0.6 is 0 Å². The summed E-state index contributed by atoms with van der Waals surface area (Å²) < 4.78 is 1.97. The summed E-state index contributed by atoms with van der Waals surface area (Å²) in [5.74, 6) is 0.606. The zero-order chi connectivity index (χ0) is 18.5. The Labute approximate surface area is 156 Å². The first-order chi connectivity index (χ1) is 13.1. The summed E-state index contributed by atoms with van der Waals surface area (Å²) in [6, 6.07) is 14.1. The molecule has 2 aromatic heterocycles. The first-order valence-electron chi connectivity index (χ1n) is 8.96. The van der Waals surface area contributed by atoms with Crippen molar-refractivity contribution in [3.8, 4) is 17.0 Å². The summed E-state index contributed by atoms with van der Waals surface area (Å²) in [6.07, 6.45) is 3.31. The van der Waals surface area contributed by atoms with Crippen LogP contribution in [0.25, 0.3) is 22.3 Å². The van der Waals surface area contributed by atoms with Crippen molar-refractivity contribution in [1.29, 1.82) is 0 Å². The van der Waals surface area contributed by atoms with Gasteiger partial charge in [-0.05, 0) is 54.7 Å². The van der Waals surface area contributed by atoms with Crippen LogP contribution in [0.5, 0.6) is 5.75 Å². The van der Waals surface area contributed by atoms with Crippen LogP contribution in [0.15, 0.2) is 48.8 Å². The fraction of sp³-hybridized carbons (Fsp3) is 0.190. The highest BCUT2D eigenvalue weighted by Crippen LogP contribution is 2.37. The molecule has 4 aromatic rings. The molecule has 0 saturated carbocycles. The van der Waals surface area contributed by atoms with E-state index in [1.807, 2.05) is 17.7 Å². The molecule has 1 aliphatic carbocycles. The second kappa shape index (κ2) is 5.81. The van der Waals surface area contributed by atoms with Gasteiger partial charge in [0.05, 0.1) is 11.4 Å². The van der Waals surface area contributed by atoms with E-state index in [1.165, 1.54) is 17.5 Å². The van der Waals surface area contributed by atoms with E-state index in [9.17, 15) is 5.11 Å². The summed E-state index contributed by atoms with van der Waals surface area (Å²) in [5, 5.41) is 15.7. The summed E-state index contributed by atoms with van der Waals surface area (Å²) in [4.78, 5) is 8.66. The lowest BCUT2D eigenvalue weighted by atomic mass is 10.1. The molecule has 0 aliphatic heterocycles. The first kappa shape index (κ1) is 15.8. The van der Waals surface area contributed by atoms with E-state index >= 15 is 0 Å². The van der Waals surface area contributed by atoms with Crippen molar-refractivity contribution >= 4 is 16.9 Å². The van der Waals surface area contributed by atoms with Gasteiger partial charge in [-0.15, -0.1) is 0 Å². The molecule has 0 amide bonds. The molecule has 2 aromatic carbocycles. The minimum absolute atomic E-state index is 0.186. The molecule has 3 N–H and O–H groups in total. The van der Waals surface area contributed by atoms with Gasteiger partial charge in [-0.25, -0.2) is 14.6 Å². The Kier molecular flexibility index (Phi) is 3.40. The maximum atomic E-state index is 10.0. The summed E-state index contributed by atoms with van der Waals surface area (Å²) >= 11 is 0. The number of benzene rings is 2. The number of nitrogens with two attached hydrogens (primary N) is 1. The van der Waals surface area contributed by atoms with Crippen molar-refractivity contribution < 1.29 is 5.11 Å². The van der Waals surface area contributed by atoms with Gasteiger partial charge < -0.3 is 10.8 Å². The third-order valence-corrected chi connectivity index (χ3v) is 5.23. The second-order valence-electron chi connectivity index (χ2n) is 7.14. The number of nitrogens with zero attached hydrogens (tertiary/aromatic N) is 4. The average Bonchev–Trinajstić information content (AvgIpc) is 3.23. The van der Waals surface area contributed by atoms with Gasteiger partial charge in [0.25, 0.3) is 0 Å². The van der Waals surface area contributed by atoms with Crippen molar-refractivity contribution in [2.75, 3.05) is 5.73 Å².